The molecule has 3 aliphatic rings. The zero-order chi connectivity index (χ0) is 16.0. The van der Waals surface area contributed by atoms with Crippen LogP contribution in [0.1, 0.15) is 42.2 Å². The number of nitrogens with two attached hydrogens (primary N) is 1. The van der Waals surface area contributed by atoms with Gasteiger partial charge in [-0.1, -0.05) is 5.16 Å². The van der Waals surface area contributed by atoms with E-state index < -0.39 is 0 Å². The number of thiophene rings is 1. The zero-order valence-corrected chi connectivity index (χ0v) is 14.1. The van der Waals surface area contributed by atoms with Gasteiger partial charge in [-0.3, -0.25) is 0 Å². The largest absolute Gasteiger partial charge is 0.333 e. The lowest BCUT2D eigenvalue weighted by Gasteiger charge is -2.67. The molecule has 23 heavy (non-hydrogen) atoms. The second-order valence-corrected chi connectivity index (χ2v) is 8.19. The van der Waals surface area contributed by atoms with Gasteiger partial charge in [0.05, 0.1) is 4.88 Å². The lowest BCUT2D eigenvalue weighted by atomic mass is 9.39. The average Bonchev–Trinajstić information content (AvgIpc) is 2.99. The van der Waals surface area contributed by atoms with E-state index in [-0.39, 0.29) is 11.0 Å². The van der Waals surface area contributed by atoms with Crippen LogP contribution in [0.5, 0.6) is 0 Å². The molecular formula is C16H17N5OS. The van der Waals surface area contributed by atoms with E-state index in [0.29, 0.717) is 5.89 Å². The molecule has 0 aromatic carbocycles. The van der Waals surface area contributed by atoms with Gasteiger partial charge in [0.1, 0.15) is 10.7 Å². The Hall–Kier alpha value is -1.86. The predicted octanol–water partition coefficient (Wildman–Crippen LogP) is 2.80. The Bertz CT molecular complexity index is 953. The Balaban J connectivity index is 1.60. The standard InChI is InChI=1S/C16H17N5OS/c1-7-10-8(2)18-9(3)19-13(10)23-11(7)12-20-14(21-22-12)15-4-16(17,5-15)6-15/h4-6,17H2,1-3H3. The molecule has 2 N–H and O–H groups in total. The molecule has 3 aromatic rings. The third-order valence-electron chi connectivity index (χ3n) is 5.25. The van der Waals surface area contributed by atoms with Crippen molar-refractivity contribution in [3.8, 4) is 10.8 Å². The van der Waals surface area contributed by atoms with E-state index in [1.807, 2.05) is 13.8 Å². The Labute approximate surface area is 137 Å². The average molecular weight is 327 g/mol. The summed E-state index contributed by atoms with van der Waals surface area (Å²) >= 11 is 1.59. The molecule has 6 nitrogen and oxygen atoms in total. The van der Waals surface area contributed by atoms with Gasteiger partial charge in [-0.05, 0) is 45.6 Å². The molecular weight excluding hydrogens is 310 g/mol. The Morgan fingerprint density at radius 1 is 1.09 bits per heavy atom. The Morgan fingerprint density at radius 2 is 1.83 bits per heavy atom. The van der Waals surface area contributed by atoms with Crippen LogP contribution >= 0.6 is 11.3 Å². The number of aromatic nitrogens is 4. The molecule has 0 aliphatic heterocycles. The molecule has 118 valence electrons. The first-order valence-electron chi connectivity index (χ1n) is 7.77. The zero-order valence-electron chi connectivity index (χ0n) is 13.3. The molecule has 3 saturated carbocycles. The lowest BCUT2D eigenvalue weighted by Crippen LogP contribution is -2.74. The fraction of sp³-hybridized carbons (Fsp3) is 0.500. The van der Waals surface area contributed by atoms with Crippen molar-refractivity contribution in [2.75, 3.05) is 0 Å². The fourth-order valence-electron chi connectivity index (χ4n) is 4.31. The minimum Gasteiger partial charge on any atom is -0.333 e. The number of hydrogen-bond acceptors (Lipinski definition) is 7. The highest BCUT2D eigenvalue weighted by Gasteiger charge is 2.68. The summed E-state index contributed by atoms with van der Waals surface area (Å²) in [6.07, 6.45) is 2.94. The highest BCUT2D eigenvalue weighted by molar-refractivity contribution is 7.22. The summed E-state index contributed by atoms with van der Waals surface area (Å²) < 4.78 is 5.57. The van der Waals surface area contributed by atoms with E-state index in [0.717, 1.165) is 57.3 Å². The Kier molecular flexibility index (Phi) is 2.34. The quantitative estimate of drug-likeness (QED) is 0.778. The molecule has 2 bridgehead atoms. The summed E-state index contributed by atoms with van der Waals surface area (Å²) in [4.78, 5) is 15.7. The molecule has 0 unspecified atom stereocenters. The van der Waals surface area contributed by atoms with Crippen LogP contribution in [0.15, 0.2) is 4.52 Å². The maximum atomic E-state index is 6.13. The molecule has 0 amide bonds. The van der Waals surface area contributed by atoms with Gasteiger partial charge >= 0.3 is 0 Å². The maximum absolute atomic E-state index is 6.13. The van der Waals surface area contributed by atoms with Crippen molar-refractivity contribution in [3.63, 3.8) is 0 Å². The monoisotopic (exact) mass is 327 g/mol. The van der Waals surface area contributed by atoms with Gasteiger partial charge in [0.2, 0.25) is 0 Å². The normalized spacial score (nSPS) is 28.7. The van der Waals surface area contributed by atoms with E-state index in [4.69, 9.17) is 10.3 Å². The molecule has 7 heteroatoms. The topological polar surface area (TPSA) is 90.7 Å². The second kappa shape index (κ2) is 3.96. The van der Waals surface area contributed by atoms with Crippen molar-refractivity contribution in [2.24, 2.45) is 5.73 Å². The van der Waals surface area contributed by atoms with Crippen molar-refractivity contribution in [1.29, 1.82) is 0 Å². The predicted molar refractivity (Wildman–Crippen MR) is 87.4 cm³/mol. The summed E-state index contributed by atoms with van der Waals surface area (Å²) in [5.74, 6) is 2.19. The number of aryl methyl sites for hydroxylation is 3. The van der Waals surface area contributed by atoms with Gasteiger partial charge in [0, 0.05) is 22.0 Å². The summed E-state index contributed by atoms with van der Waals surface area (Å²) in [6, 6.07) is 0. The molecule has 0 radical (unpaired) electrons. The Morgan fingerprint density at radius 3 is 2.52 bits per heavy atom. The first-order valence-corrected chi connectivity index (χ1v) is 8.59. The van der Waals surface area contributed by atoms with Crippen molar-refractivity contribution in [3.05, 3.63) is 22.9 Å². The van der Waals surface area contributed by atoms with Gasteiger partial charge < -0.3 is 10.3 Å². The highest BCUT2D eigenvalue weighted by Crippen LogP contribution is 2.65. The van der Waals surface area contributed by atoms with E-state index in [2.05, 4.69) is 27.0 Å². The molecule has 0 spiro atoms. The van der Waals surface area contributed by atoms with E-state index in [9.17, 15) is 0 Å². The van der Waals surface area contributed by atoms with Gasteiger partial charge in [0.15, 0.2) is 5.82 Å². The first-order chi connectivity index (χ1) is 10.9. The van der Waals surface area contributed by atoms with Crippen LogP contribution in [0, 0.1) is 20.8 Å². The molecule has 3 aliphatic carbocycles. The summed E-state index contributed by atoms with van der Waals surface area (Å²) in [5, 5.41) is 5.33. The van der Waals surface area contributed by atoms with E-state index in [1.165, 1.54) is 0 Å². The molecule has 0 atom stereocenters. The van der Waals surface area contributed by atoms with Crippen LogP contribution in [0.2, 0.25) is 0 Å². The second-order valence-electron chi connectivity index (χ2n) is 7.19. The van der Waals surface area contributed by atoms with Crippen LogP contribution in [-0.2, 0) is 5.41 Å². The van der Waals surface area contributed by atoms with Gasteiger partial charge in [0.25, 0.3) is 5.89 Å². The molecule has 0 saturated heterocycles. The van der Waals surface area contributed by atoms with Crippen LogP contribution in [-0.4, -0.2) is 25.6 Å². The summed E-state index contributed by atoms with van der Waals surface area (Å²) in [5.41, 5.74) is 8.36. The van der Waals surface area contributed by atoms with Crippen LogP contribution < -0.4 is 5.73 Å². The van der Waals surface area contributed by atoms with Crippen LogP contribution in [0.3, 0.4) is 0 Å². The van der Waals surface area contributed by atoms with Gasteiger partial charge in [-0.2, -0.15) is 4.98 Å². The van der Waals surface area contributed by atoms with Crippen molar-refractivity contribution < 1.29 is 4.52 Å². The molecule has 6 rings (SSSR count). The minimum absolute atomic E-state index is 0.0402. The summed E-state index contributed by atoms with van der Waals surface area (Å²) in [6.45, 7) is 6.00. The van der Waals surface area contributed by atoms with Crippen molar-refractivity contribution in [1.82, 2.24) is 20.1 Å². The van der Waals surface area contributed by atoms with E-state index >= 15 is 0 Å². The lowest BCUT2D eigenvalue weighted by molar-refractivity contribution is -0.0664. The third kappa shape index (κ3) is 1.66. The fourth-order valence-corrected chi connectivity index (χ4v) is 5.51. The molecule has 3 aromatic heterocycles. The SMILES string of the molecule is Cc1nc(C)c2c(C)c(-c3nc(C45CC(N)(C4)C5)no3)sc2n1. The molecule has 3 fully saturated rings. The van der Waals surface area contributed by atoms with Gasteiger partial charge in [-0.15, -0.1) is 11.3 Å². The number of nitrogens with zero attached hydrogens (tertiary/aromatic N) is 4. The number of fused-ring (bicyclic) bond motifs is 1. The highest BCUT2D eigenvalue weighted by atomic mass is 32.1. The minimum atomic E-state index is 0.0402. The van der Waals surface area contributed by atoms with Gasteiger partial charge in [-0.25, -0.2) is 9.97 Å². The van der Waals surface area contributed by atoms with Crippen LogP contribution in [0.25, 0.3) is 21.0 Å². The molecule has 3 heterocycles. The number of rotatable bonds is 2. The number of hydrogen-bond donors (Lipinski definition) is 1. The van der Waals surface area contributed by atoms with Crippen LogP contribution in [0.4, 0.5) is 0 Å². The summed E-state index contributed by atoms with van der Waals surface area (Å²) in [7, 11) is 0. The third-order valence-corrected chi connectivity index (χ3v) is 6.42. The van der Waals surface area contributed by atoms with Crippen molar-refractivity contribution in [2.45, 2.75) is 51.0 Å². The van der Waals surface area contributed by atoms with Crippen molar-refractivity contribution >= 4 is 21.6 Å². The maximum Gasteiger partial charge on any atom is 0.268 e. The smallest absolute Gasteiger partial charge is 0.268 e. The van der Waals surface area contributed by atoms with E-state index in [1.54, 1.807) is 11.3 Å². The first kappa shape index (κ1) is 13.6.